The highest BCUT2D eigenvalue weighted by atomic mass is 19.1. The summed E-state index contributed by atoms with van der Waals surface area (Å²) in [4.78, 5) is 11.7. The quantitative estimate of drug-likeness (QED) is 0.722. The lowest BCUT2D eigenvalue weighted by molar-refractivity contribution is 0.0913. The molecule has 0 aliphatic heterocycles. The molecule has 0 saturated heterocycles. The van der Waals surface area contributed by atoms with Gasteiger partial charge >= 0.3 is 0 Å². The molecule has 0 aliphatic rings. The van der Waals surface area contributed by atoms with Crippen LogP contribution in [0.2, 0.25) is 0 Å². The molecule has 0 atom stereocenters. The summed E-state index contributed by atoms with van der Waals surface area (Å²) in [6, 6.07) is 4.65. The molecule has 0 fully saturated rings. The molecular formula is C13H13FO2. The van der Waals surface area contributed by atoms with Crippen LogP contribution in [0.4, 0.5) is 4.39 Å². The lowest BCUT2D eigenvalue weighted by Gasteiger charge is -1.98. The van der Waals surface area contributed by atoms with Crippen LogP contribution in [0.25, 0.3) is 11.0 Å². The Bertz CT molecular complexity index is 513. The van der Waals surface area contributed by atoms with Crippen molar-refractivity contribution in [1.82, 2.24) is 0 Å². The predicted octanol–water partition coefficient (Wildman–Crippen LogP) is 3.72. The van der Waals surface area contributed by atoms with Crippen molar-refractivity contribution in [3.05, 3.63) is 35.3 Å². The Labute approximate surface area is 93.1 Å². The van der Waals surface area contributed by atoms with Crippen molar-refractivity contribution in [1.29, 1.82) is 0 Å². The molecular weight excluding hydrogens is 207 g/mol. The molecule has 0 bridgehead atoms. The van der Waals surface area contributed by atoms with E-state index in [1.165, 1.54) is 6.07 Å². The highest BCUT2D eigenvalue weighted by molar-refractivity contribution is 5.99. The van der Waals surface area contributed by atoms with Gasteiger partial charge in [-0.15, -0.1) is 0 Å². The van der Waals surface area contributed by atoms with Crippen molar-refractivity contribution >= 4 is 16.8 Å². The summed E-state index contributed by atoms with van der Waals surface area (Å²) in [6.45, 7) is 5.44. The Balaban J connectivity index is 2.64. The number of fused-ring (bicyclic) bond motifs is 1. The van der Waals surface area contributed by atoms with Crippen molar-refractivity contribution in [2.24, 2.45) is 5.92 Å². The molecule has 2 rings (SSSR count). The number of rotatable bonds is 2. The number of halogens is 1. The van der Waals surface area contributed by atoms with Crippen LogP contribution in [-0.4, -0.2) is 5.78 Å². The van der Waals surface area contributed by atoms with Crippen molar-refractivity contribution < 1.29 is 13.6 Å². The van der Waals surface area contributed by atoms with E-state index in [2.05, 4.69) is 0 Å². The first-order chi connectivity index (χ1) is 7.50. The second-order valence-corrected chi connectivity index (χ2v) is 4.24. The Morgan fingerprint density at radius 3 is 2.62 bits per heavy atom. The zero-order valence-electron chi connectivity index (χ0n) is 9.50. The van der Waals surface area contributed by atoms with Gasteiger partial charge in [-0.1, -0.05) is 19.9 Å². The Hall–Kier alpha value is -1.64. The minimum atomic E-state index is -0.427. The molecule has 0 saturated carbocycles. The van der Waals surface area contributed by atoms with Crippen molar-refractivity contribution in [2.45, 2.75) is 20.8 Å². The molecule has 3 heteroatoms. The smallest absolute Gasteiger partial charge is 0.200 e. The summed E-state index contributed by atoms with van der Waals surface area (Å²) in [7, 11) is 0. The maximum atomic E-state index is 13.4. The SMILES string of the molecule is Cc1ccc(F)c2oc(C(=O)C(C)C)cc12. The normalized spacial score (nSPS) is 11.3. The lowest BCUT2D eigenvalue weighted by Crippen LogP contribution is -2.05. The second-order valence-electron chi connectivity index (χ2n) is 4.24. The summed E-state index contributed by atoms with van der Waals surface area (Å²) in [5.41, 5.74) is 1.08. The van der Waals surface area contributed by atoms with Gasteiger partial charge in [-0.2, -0.15) is 0 Å². The summed E-state index contributed by atoms with van der Waals surface area (Å²) in [6.07, 6.45) is 0. The zero-order valence-corrected chi connectivity index (χ0v) is 9.50. The zero-order chi connectivity index (χ0) is 11.9. The fraction of sp³-hybridized carbons (Fsp3) is 0.308. The van der Waals surface area contributed by atoms with Crippen LogP contribution in [0, 0.1) is 18.7 Å². The Morgan fingerprint density at radius 1 is 1.38 bits per heavy atom. The highest BCUT2D eigenvalue weighted by Crippen LogP contribution is 2.26. The van der Waals surface area contributed by atoms with Gasteiger partial charge in [-0.05, 0) is 24.6 Å². The van der Waals surface area contributed by atoms with E-state index < -0.39 is 5.82 Å². The first-order valence-electron chi connectivity index (χ1n) is 5.23. The number of carbonyl (C=O) groups excluding carboxylic acids is 1. The lowest BCUT2D eigenvalue weighted by atomic mass is 10.1. The van der Waals surface area contributed by atoms with Gasteiger partial charge in [0.05, 0.1) is 0 Å². The second kappa shape index (κ2) is 3.74. The van der Waals surface area contributed by atoms with Crippen molar-refractivity contribution in [3.8, 4) is 0 Å². The molecule has 2 nitrogen and oxygen atoms in total. The van der Waals surface area contributed by atoms with Gasteiger partial charge in [0.1, 0.15) is 0 Å². The highest BCUT2D eigenvalue weighted by Gasteiger charge is 2.18. The van der Waals surface area contributed by atoms with Crippen LogP contribution >= 0.6 is 0 Å². The van der Waals surface area contributed by atoms with Gasteiger partial charge in [-0.25, -0.2) is 4.39 Å². The number of benzene rings is 1. The van der Waals surface area contributed by atoms with E-state index in [9.17, 15) is 9.18 Å². The molecule has 0 N–H and O–H groups in total. The first kappa shape index (κ1) is 10.9. The molecule has 0 aliphatic carbocycles. The van der Waals surface area contributed by atoms with Gasteiger partial charge in [0.2, 0.25) is 5.78 Å². The van der Waals surface area contributed by atoms with Gasteiger partial charge in [0.15, 0.2) is 17.2 Å². The van der Waals surface area contributed by atoms with E-state index in [0.717, 1.165) is 5.56 Å². The maximum Gasteiger partial charge on any atom is 0.200 e. The third-order valence-electron chi connectivity index (χ3n) is 2.62. The van der Waals surface area contributed by atoms with E-state index in [4.69, 9.17) is 4.42 Å². The molecule has 0 radical (unpaired) electrons. The van der Waals surface area contributed by atoms with Gasteiger partial charge in [0.25, 0.3) is 0 Å². The molecule has 16 heavy (non-hydrogen) atoms. The molecule has 1 heterocycles. The summed E-state index contributed by atoms with van der Waals surface area (Å²) in [5.74, 6) is -0.444. The number of aryl methyl sites for hydroxylation is 1. The Kier molecular flexibility index (Phi) is 2.54. The number of furan rings is 1. The first-order valence-corrected chi connectivity index (χ1v) is 5.23. The number of hydrogen-bond donors (Lipinski definition) is 0. The fourth-order valence-corrected chi connectivity index (χ4v) is 1.63. The van der Waals surface area contributed by atoms with Gasteiger partial charge in [0, 0.05) is 11.3 Å². The number of hydrogen-bond acceptors (Lipinski definition) is 2. The van der Waals surface area contributed by atoms with Crippen LogP contribution in [0.3, 0.4) is 0 Å². The minimum absolute atomic E-state index is 0.102. The van der Waals surface area contributed by atoms with Crippen LogP contribution in [-0.2, 0) is 0 Å². The fourth-order valence-electron chi connectivity index (χ4n) is 1.63. The summed E-state index contributed by atoms with van der Waals surface area (Å²) < 4.78 is 18.7. The number of ketones is 1. The molecule has 0 spiro atoms. The van der Waals surface area contributed by atoms with Crippen LogP contribution in [0.15, 0.2) is 22.6 Å². The number of carbonyl (C=O) groups is 1. The third-order valence-corrected chi connectivity index (χ3v) is 2.62. The maximum absolute atomic E-state index is 13.4. The van der Waals surface area contributed by atoms with E-state index in [-0.39, 0.29) is 23.0 Å². The van der Waals surface area contributed by atoms with Crippen LogP contribution < -0.4 is 0 Å². The molecule has 1 aromatic carbocycles. The molecule has 1 aromatic heterocycles. The van der Waals surface area contributed by atoms with E-state index >= 15 is 0 Å². The minimum Gasteiger partial charge on any atom is -0.450 e. The van der Waals surface area contributed by atoms with Crippen molar-refractivity contribution in [2.75, 3.05) is 0 Å². The monoisotopic (exact) mass is 220 g/mol. The van der Waals surface area contributed by atoms with Gasteiger partial charge in [-0.3, -0.25) is 4.79 Å². The Morgan fingerprint density at radius 2 is 2.06 bits per heavy atom. The predicted molar refractivity (Wildman–Crippen MR) is 60.1 cm³/mol. The van der Waals surface area contributed by atoms with E-state index in [1.807, 2.05) is 6.92 Å². The number of Topliss-reactive ketones (excluding diaryl/α,β-unsaturated/α-hetero) is 1. The standard InChI is InChI=1S/C13H13FO2/c1-7(2)12(15)11-6-9-8(3)4-5-10(14)13(9)16-11/h4-7H,1-3H3. The van der Waals surface area contributed by atoms with Crippen molar-refractivity contribution in [3.63, 3.8) is 0 Å². The topological polar surface area (TPSA) is 30.2 Å². The molecule has 84 valence electrons. The van der Waals surface area contributed by atoms with Crippen LogP contribution in [0.1, 0.15) is 30.0 Å². The molecule has 0 unspecified atom stereocenters. The van der Waals surface area contributed by atoms with E-state index in [1.54, 1.807) is 26.0 Å². The van der Waals surface area contributed by atoms with E-state index in [0.29, 0.717) is 5.39 Å². The summed E-state index contributed by atoms with van der Waals surface area (Å²) in [5, 5.41) is 0.670. The molecule has 2 aromatic rings. The molecule has 0 amide bonds. The van der Waals surface area contributed by atoms with Crippen LogP contribution in [0.5, 0.6) is 0 Å². The average Bonchev–Trinajstić information content (AvgIpc) is 2.68. The largest absolute Gasteiger partial charge is 0.450 e. The summed E-state index contributed by atoms with van der Waals surface area (Å²) >= 11 is 0. The average molecular weight is 220 g/mol. The van der Waals surface area contributed by atoms with Gasteiger partial charge < -0.3 is 4.42 Å². The third kappa shape index (κ3) is 1.62.